The minimum absolute atomic E-state index is 0.906. The molecule has 1 aliphatic rings. The van der Waals surface area contributed by atoms with E-state index >= 15 is 0 Å². The van der Waals surface area contributed by atoms with Gasteiger partial charge in [-0.1, -0.05) is 18.2 Å². The zero-order valence-corrected chi connectivity index (χ0v) is 12.7. The molecule has 1 N–H and O–H groups in total. The number of thiophene rings is 1. The number of nitrogens with one attached hydrogen (secondary N) is 1. The Balaban J connectivity index is 1.92. The number of hydrogen-bond donors (Lipinski definition) is 1. The van der Waals surface area contributed by atoms with Gasteiger partial charge in [-0.25, -0.2) is 9.97 Å². The van der Waals surface area contributed by atoms with E-state index in [0.717, 1.165) is 35.7 Å². The molecular formula is C16H16N4S. The van der Waals surface area contributed by atoms with E-state index in [1.807, 2.05) is 0 Å². The van der Waals surface area contributed by atoms with Gasteiger partial charge >= 0.3 is 0 Å². The van der Waals surface area contributed by atoms with Gasteiger partial charge < -0.3 is 10.2 Å². The van der Waals surface area contributed by atoms with Gasteiger partial charge in [-0.2, -0.15) is 0 Å². The molecule has 1 aliphatic heterocycles. The molecule has 1 aromatic carbocycles. The largest absolute Gasteiger partial charge is 0.324 e. The van der Waals surface area contributed by atoms with Crippen molar-refractivity contribution in [2.75, 3.05) is 18.0 Å². The molecule has 3 heterocycles. The van der Waals surface area contributed by atoms with Gasteiger partial charge in [-0.15, -0.1) is 11.3 Å². The molecule has 4 nitrogen and oxygen atoms in total. The van der Waals surface area contributed by atoms with E-state index in [9.17, 15) is 0 Å². The summed E-state index contributed by atoms with van der Waals surface area (Å²) in [6.07, 6.45) is 1.68. The first-order valence-corrected chi connectivity index (χ1v) is 7.92. The highest BCUT2D eigenvalue weighted by atomic mass is 32.1. The summed E-state index contributed by atoms with van der Waals surface area (Å²) in [5, 5.41) is 4.62. The molecule has 0 fully saturated rings. The fourth-order valence-corrected chi connectivity index (χ4v) is 3.70. The topological polar surface area (TPSA) is 41.0 Å². The van der Waals surface area contributed by atoms with Crippen molar-refractivity contribution in [1.82, 2.24) is 15.3 Å². The number of fused-ring (bicyclic) bond motifs is 2. The molecule has 4 rings (SSSR count). The second-order valence-corrected chi connectivity index (χ2v) is 6.47. The SMILES string of the molecule is Cc1cc2c(N3CCNCc4ccccc43)ncnc2s1. The number of aromatic nitrogens is 2. The van der Waals surface area contributed by atoms with E-state index in [4.69, 9.17) is 0 Å². The normalized spacial score (nSPS) is 15.0. The molecule has 0 amide bonds. The second-order valence-electron chi connectivity index (χ2n) is 5.23. The van der Waals surface area contributed by atoms with Gasteiger partial charge in [0.2, 0.25) is 0 Å². The minimum Gasteiger partial charge on any atom is -0.324 e. The van der Waals surface area contributed by atoms with Crippen LogP contribution in [0, 0.1) is 6.92 Å². The molecule has 0 saturated heterocycles. The standard InChI is InChI=1S/C16H16N4S/c1-11-8-13-15(18-10-19-16(13)21-11)20-7-6-17-9-12-4-2-3-5-14(12)20/h2-5,8,10,17H,6-7,9H2,1H3. The molecule has 3 aromatic rings. The lowest BCUT2D eigenvalue weighted by Gasteiger charge is -2.24. The fraction of sp³-hybridized carbons (Fsp3) is 0.250. The summed E-state index contributed by atoms with van der Waals surface area (Å²) >= 11 is 1.72. The Morgan fingerprint density at radius 1 is 1.24 bits per heavy atom. The first-order chi connectivity index (χ1) is 10.3. The highest BCUT2D eigenvalue weighted by molar-refractivity contribution is 7.18. The lowest BCUT2D eigenvalue weighted by molar-refractivity contribution is 0.711. The minimum atomic E-state index is 0.906. The van der Waals surface area contributed by atoms with Crippen molar-refractivity contribution in [2.24, 2.45) is 0 Å². The third-order valence-corrected chi connectivity index (χ3v) is 4.76. The Morgan fingerprint density at radius 3 is 3.10 bits per heavy atom. The van der Waals surface area contributed by atoms with Crippen LogP contribution in [-0.4, -0.2) is 23.1 Å². The lowest BCUT2D eigenvalue weighted by Crippen LogP contribution is -2.25. The number of anilines is 2. The summed E-state index contributed by atoms with van der Waals surface area (Å²) in [7, 11) is 0. The summed E-state index contributed by atoms with van der Waals surface area (Å²) in [4.78, 5) is 13.6. The maximum atomic E-state index is 4.58. The maximum Gasteiger partial charge on any atom is 0.145 e. The van der Waals surface area contributed by atoms with Gasteiger partial charge in [0, 0.05) is 30.2 Å². The zero-order chi connectivity index (χ0) is 14.2. The zero-order valence-electron chi connectivity index (χ0n) is 11.8. The van der Waals surface area contributed by atoms with Gasteiger partial charge in [-0.05, 0) is 24.6 Å². The van der Waals surface area contributed by atoms with Crippen molar-refractivity contribution in [2.45, 2.75) is 13.5 Å². The Hall–Kier alpha value is -1.98. The molecule has 21 heavy (non-hydrogen) atoms. The first-order valence-electron chi connectivity index (χ1n) is 7.10. The van der Waals surface area contributed by atoms with Gasteiger partial charge in [-0.3, -0.25) is 0 Å². The van der Waals surface area contributed by atoms with Gasteiger partial charge in [0.25, 0.3) is 0 Å². The lowest BCUT2D eigenvalue weighted by atomic mass is 10.1. The van der Waals surface area contributed by atoms with E-state index in [2.05, 4.69) is 57.4 Å². The number of hydrogen-bond acceptors (Lipinski definition) is 5. The van der Waals surface area contributed by atoms with Gasteiger partial charge in [0.15, 0.2) is 0 Å². The second kappa shape index (κ2) is 5.09. The summed E-state index contributed by atoms with van der Waals surface area (Å²) in [6, 6.07) is 10.7. The summed E-state index contributed by atoms with van der Waals surface area (Å²) < 4.78 is 0. The number of nitrogens with zero attached hydrogens (tertiary/aromatic N) is 3. The van der Waals surface area contributed by atoms with Crippen LogP contribution in [-0.2, 0) is 6.54 Å². The molecule has 5 heteroatoms. The van der Waals surface area contributed by atoms with E-state index < -0.39 is 0 Å². The summed E-state index contributed by atoms with van der Waals surface area (Å²) in [5.41, 5.74) is 2.56. The number of aryl methyl sites for hydroxylation is 1. The quantitative estimate of drug-likeness (QED) is 0.748. The van der Waals surface area contributed by atoms with Gasteiger partial charge in [0.05, 0.1) is 5.39 Å². The van der Waals surface area contributed by atoms with Crippen LogP contribution in [0.4, 0.5) is 11.5 Å². The molecular weight excluding hydrogens is 280 g/mol. The number of benzene rings is 1. The molecule has 0 saturated carbocycles. The molecule has 106 valence electrons. The van der Waals surface area contributed by atoms with Crippen molar-refractivity contribution in [1.29, 1.82) is 0 Å². The number of rotatable bonds is 1. The van der Waals surface area contributed by atoms with Crippen LogP contribution < -0.4 is 10.2 Å². The Kier molecular flexibility index (Phi) is 3.09. The Bertz CT molecular complexity index is 796. The predicted octanol–water partition coefficient (Wildman–Crippen LogP) is 3.24. The highest BCUT2D eigenvalue weighted by Crippen LogP contribution is 2.35. The van der Waals surface area contributed by atoms with E-state index in [-0.39, 0.29) is 0 Å². The summed E-state index contributed by atoms with van der Waals surface area (Å²) in [6.45, 7) is 4.89. The van der Waals surface area contributed by atoms with E-state index in [0.29, 0.717) is 0 Å². The summed E-state index contributed by atoms with van der Waals surface area (Å²) in [5.74, 6) is 1.01. The third kappa shape index (κ3) is 2.18. The van der Waals surface area contributed by atoms with Crippen LogP contribution in [0.2, 0.25) is 0 Å². The van der Waals surface area contributed by atoms with Crippen molar-refractivity contribution >= 4 is 33.1 Å². The molecule has 0 bridgehead atoms. The molecule has 0 radical (unpaired) electrons. The van der Waals surface area contributed by atoms with Crippen LogP contribution in [0.15, 0.2) is 36.7 Å². The number of para-hydroxylation sites is 1. The monoisotopic (exact) mass is 296 g/mol. The third-order valence-electron chi connectivity index (χ3n) is 3.80. The van der Waals surface area contributed by atoms with Crippen molar-refractivity contribution in [3.05, 3.63) is 47.1 Å². The average molecular weight is 296 g/mol. The van der Waals surface area contributed by atoms with Crippen LogP contribution in [0.5, 0.6) is 0 Å². The Labute approximate surface area is 127 Å². The predicted molar refractivity (Wildman–Crippen MR) is 87.3 cm³/mol. The van der Waals surface area contributed by atoms with Crippen LogP contribution >= 0.6 is 11.3 Å². The Morgan fingerprint density at radius 2 is 2.14 bits per heavy atom. The van der Waals surface area contributed by atoms with E-state index in [1.54, 1.807) is 17.7 Å². The molecule has 0 unspecified atom stereocenters. The van der Waals surface area contributed by atoms with E-state index in [1.165, 1.54) is 16.1 Å². The van der Waals surface area contributed by atoms with Crippen LogP contribution in [0.3, 0.4) is 0 Å². The average Bonchev–Trinajstić information content (AvgIpc) is 2.76. The first kappa shape index (κ1) is 12.7. The molecule has 0 aliphatic carbocycles. The maximum absolute atomic E-state index is 4.58. The molecule has 0 spiro atoms. The molecule has 2 aromatic heterocycles. The van der Waals surface area contributed by atoms with Crippen molar-refractivity contribution in [3.8, 4) is 0 Å². The fourth-order valence-electron chi connectivity index (χ4n) is 2.86. The van der Waals surface area contributed by atoms with Crippen LogP contribution in [0.1, 0.15) is 10.4 Å². The molecule has 0 atom stereocenters. The highest BCUT2D eigenvalue weighted by Gasteiger charge is 2.20. The van der Waals surface area contributed by atoms with Crippen LogP contribution in [0.25, 0.3) is 10.2 Å². The van der Waals surface area contributed by atoms with Crippen molar-refractivity contribution in [3.63, 3.8) is 0 Å². The van der Waals surface area contributed by atoms with Crippen molar-refractivity contribution < 1.29 is 0 Å². The smallest absolute Gasteiger partial charge is 0.145 e. The van der Waals surface area contributed by atoms with Gasteiger partial charge in [0.1, 0.15) is 17.0 Å².